The molecule has 1 atom stereocenters. The van der Waals surface area contributed by atoms with Crippen LogP contribution >= 0.6 is 43.2 Å². The molecule has 0 aliphatic carbocycles. The van der Waals surface area contributed by atoms with E-state index in [2.05, 4.69) is 38.8 Å². The summed E-state index contributed by atoms with van der Waals surface area (Å²) in [6.45, 7) is 3.05. The molecule has 20 heavy (non-hydrogen) atoms. The Morgan fingerprint density at radius 3 is 2.80 bits per heavy atom. The van der Waals surface area contributed by atoms with Crippen LogP contribution in [0.2, 0.25) is 0 Å². The lowest BCUT2D eigenvalue weighted by Crippen LogP contribution is -2.35. The van der Waals surface area contributed by atoms with Crippen molar-refractivity contribution < 1.29 is 9.59 Å². The van der Waals surface area contributed by atoms with Crippen LogP contribution in [0.4, 0.5) is 0 Å². The van der Waals surface area contributed by atoms with Crippen LogP contribution in [0.25, 0.3) is 0 Å². The Labute approximate surface area is 140 Å². The van der Waals surface area contributed by atoms with Gasteiger partial charge in [0, 0.05) is 18.5 Å². The number of thiophene rings is 1. The zero-order valence-electron chi connectivity index (χ0n) is 11.3. The predicted octanol–water partition coefficient (Wildman–Crippen LogP) is 4.49. The van der Waals surface area contributed by atoms with E-state index in [0.29, 0.717) is 24.4 Å². The van der Waals surface area contributed by atoms with Crippen molar-refractivity contribution in [1.29, 1.82) is 0 Å². The van der Waals surface area contributed by atoms with Crippen molar-refractivity contribution in [3.8, 4) is 0 Å². The highest BCUT2D eigenvalue weighted by Gasteiger charge is 2.24. The number of amides is 1. The van der Waals surface area contributed by atoms with Gasteiger partial charge in [0.25, 0.3) is 0 Å². The number of hydrogen-bond donors (Lipinski definition) is 0. The fraction of sp³-hybridized carbons (Fsp3) is 0.571. The van der Waals surface area contributed by atoms with Crippen molar-refractivity contribution in [2.75, 3.05) is 13.1 Å². The molecule has 0 aromatic carbocycles. The van der Waals surface area contributed by atoms with Crippen LogP contribution in [-0.4, -0.2) is 29.7 Å². The molecule has 1 unspecified atom stereocenters. The molecule has 1 aromatic heterocycles. The van der Waals surface area contributed by atoms with Gasteiger partial charge >= 0.3 is 0 Å². The molecule has 0 spiro atoms. The first-order valence-electron chi connectivity index (χ1n) is 6.77. The maximum Gasteiger partial charge on any atom is 0.222 e. The van der Waals surface area contributed by atoms with E-state index in [0.717, 1.165) is 26.8 Å². The number of hydrogen-bond acceptors (Lipinski definition) is 3. The third-order valence-corrected chi connectivity index (χ3v) is 6.13. The molecule has 1 aliphatic heterocycles. The first kappa shape index (κ1) is 16.2. The number of carbonyl (C=O) groups excluding carboxylic acids is 2. The molecule has 1 saturated heterocycles. The van der Waals surface area contributed by atoms with Crippen molar-refractivity contribution in [3.05, 3.63) is 19.2 Å². The van der Waals surface area contributed by atoms with Gasteiger partial charge in [-0.25, -0.2) is 0 Å². The summed E-state index contributed by atoms with van der Waals surface area (Å²) in [7, 11) is 0. The summed E-state index contributed by atoms with van der Waals surface area (Å²) < 4.78 is 1.74. The topological polar surface area (TPSA) is 37.4 Å². The molecule has 0 bridgehead atoms. The summed E-state index contributed by atoms with van der Waals surface area (Å²) in [6, 6.07) is 1.81. The molecule has 2 rings (SSSR count). The number of carbonyl (C=O) groups is 2. The molecular formula is C14H17Br2NO2S. The summed E-state index contributed by atoms with van der Waals surface area (Å²) >= 11 is 8.25. The second kappa shape index (κ2) is 7.18. The van der Waals surface area contributed by atoms with Gasteiger partial charge in [-0.1, -0.05) is 13.3 Å². The standard InChI is InChI=1S/C14H17Br2NO2S/c1-2-9-3-4-13(19)17(6-5-9)8-11(18)10-7-12(15)20-14(10)16/h7,9H,2-6,8H2,1H3. The highest BCUT2D eigenvalue weighted by Crippen LogP contribution is 2.32. The molecular weight excluding hydrogens is 406 g/mol. The normalized spacial score (nSPS) is 20.1. The summed E-state index contributed by atoms with van der Waals surface area (Å²) in [5.41, 5.74) is 0.658. The van der Waals surface area contributed by atoms with Crippen LogP contribution in [-0.2, 0) is 4.79 Å². The summed E-state index contributed by atoms with van der Waals surface area (Å²) in [5, 5.41) is 0. The van der Waals surface area contributed by atoms with E-state index in [9.17, 15) is 9.59 Å². The molecule has 0 N–H and O–H groups in total. The molecule has 1 amide bonds. The second-order valence-corrected chi connectivity index (χ2v) is 8.83. The van der Waals surface area contributed by atoms with Gasteiger partial charge in [0.2, 0.25) is 5.91 Å². The number of rotatable bonds is 4. The fourth-order valence-electron chi connectivity index (χ4n) is 2.46. The van der Waals surface area contributed by atoms with Crippen molar-refractivity contribution in [3.63, 3.8) is 0 Å². The Balaban J connectivity index is 2.03. The quantitative estimate of drug-likeness (QED) is 0.670. The van der Waals surface area contributed by atoms with E-state index < -0.39 is 0 Å². The van der Waals surface area contributed by atoms with Gasteiger partial charge in [0.05, 0.1) is 14.1 Å². The van der Waals surface area contributed by atoms with Crippen molar-refractivity contribution in [2.24, 2.45) is 5.92 Å². The molecule has 110 valence electrons. The first-order valence-corrected chi connectivity index (χ1v) is 9.17. The Morgan fingerprint density at radius 2 is 2.20 bits per heavy atom. The number of likely N-dealkylation sites (tertiary alicyclic amines) is 1. The van der Waals surface area contributed by atoms with E-state index in [1.54, 1.807) is 4.90 Å². The maximum absolute atomic E-state index is 12.3. The van der Waals surface area contributed by atoms with Crippen molar-refractivity contribution in [1.82, 2.24) is 4.90 Å². The van der Waals surface area contributed by atoms with E-state index >= 15 is 0 Å². The Morgan fingerprint density at radius 1 is 1.45 bits per heavy atom. The van der Waals surface area contributed by atoms with Gasteiger partial charge in [-0.2, -0.15) is 0 Å². The summed E-state index contributed by atoms with van der Waals surface area (Å²) in [4.78, 5) is 26.1. The number of ketones is 1. The average molecular weight is 423 g/mol. The minimum Gasteiger partial charge on any atom is -0.335 e. The van der Waals surface area contributed by atoms with Crippen LogP contribution in [0.1, 0.15) is 43.0 Å². The van der Waals surface area contributed by atoms with Gasteiger partial charge in [0.15, 0.2) is 5.78 Å². The third-order valence-electron chi connectivity index (χ3n) is 3.80. The van der Waals surface area contributed by atoms with Gasteiger partial charge < -0.3 is 4.90 Å². The number of nitrogens with zero attached hydrogens (tertiary/aromatic N) is 1. The molecule has 0 saturated carbocycles. The average Bonchev–Trinajstić information content (AvgIpc) is 2.65. The first-order chi connectivity index (χ1) is 9.51. The highest BCUT2D eigenvalue weighted by molar-refractivity contribution is 9.12. The lowest BCUT2D eigenvalue weighted by Gasteiger charge is -2.19. The Bertz CT molecular complexity index is 515. The molecule has 0 radical (unpaired) electrons. The van der Waals surface area contributed by atoms with E-state index in [4.69, 9.17) is 0 Å². The fourth-order valence-corrected chi connectivity index (χ4v) is 5.31. The van der Waals surface area contributed by atoms with E-state index in [1.165, 1.54) is 11.3 Å². The van der Waals surface area contributed by atoms with Gasteiger partial charge in [-0.05, 0) is 56.7 Å². The Kier molecular flexibility index (Phi) is 5.81. The number of Topliss-reactive ketones (excluding diaryl/α,β-unsaturated/α-hetero) is 1. The monoisotopic (exact) mass is 421 g/mol. The van der Waals surface area contributed by atoms with E-state index in [-0.39, 0.29) is 18.2 Å². The predicted molar refractivity (Wildman–Crippen MR) is 88.3 cm³/mol. The molecule has 2 heterocycles. The maximum atomic E-state index is 12.3. The van der Waals surface area contributed by atoms with Crippen LogP contribution in [0, 0.1) is 5.92 Å². The second-order valence-electron chi connectivity index (χ2n) is 5.08. The largest absolute Gasteiger partial charge is 0.335 e. The van der Waals surface area contributed by atoms with Crippen LogP contribution < -0.4 is 0 Å². The van der Waals surface area contributed by atoms with Crippen molar-refractivity contribution in [2.45, 2.75) is 32.6 Å². The lowest BCUT2D eigenvalue weighted by molar-refractivity contribution is -0.130. The minimum absolute atomic E-state index is 0.00197. The molecule has 1 fully saturated rings. The van der Waals surface area contributed by atoms with Gasteiger partial charge in [-0.15, -0.1) is 11.3 Å². The number of halogens is 2. The van der Waals surface area contributed by atoms with Crippen LogP contribution in [0.15, 0.2) is 13.6 Å². The zero-order chi connectivity index (χ0) is 14.7. The minimum atomic E-state index is 0.00197. The zero-order valence-corrected chi connectivity index (χ0v) is 15.3. The van der Waals surface area contributed by atoms with Crippen molar-refractivity contribution >= 4 is 54.9 Å². The van der Waals surface area contributed by atoms with Crippen LogP contribution in [0.3, 0.4) is 0 Å². The van der Waals surface area contributed by atoms with Gasteiger partial charge in [-0.3, -0.25) is 9.59 Å². The summed E-state index contributed by atoms with van der Waals surface area (Å²) in [5.74, 6) is 0.725. The molecule has 1 aromatic rings. The van der Waals surface area contributed by atoms with E-state index in [1.807, 2.05) is 6.07 Å². The molecule has 1 aliphatic rings. The molecule has 6 heteroatoms. The smallest absolute Gasteiger partial charge is 0.222 e. The summed E-state index contributed by atoms with van der Waals surface area (Å²) in [6.07, 6.45) is 3.64. The van der Waals surface area contributed by atoms with Gasteiger partial charge in [0.1, 0.15) is 0 Å². The molecule has 3 nitrogen and oxygen atoms in total. The Hall–Kier alpha value is -0.200. The highest BCUT2D eigenvalue weighted by atomic mass is 79.9. The SMILES string of the molecule is CCC1CCC(=O)N(CC(=O)c2cc(Br)sc2Br)CC1. The third kappa shape index (κ3) is 3.92. The van der Waals surface area contributed by atoms with Crippen LogP contribution in [0.5, 0.6) is 0 Å². The lowest BCUT2D eigenvalue weighted by atomic mass is 9.98.